The monoisotopic (exact) mass is 356 g/mol. The van der Waals surface area contributed by atoms with Crippen molar-refractivity contribution in [1.29, 1.82) is 0 Å². The largest absolute Gasteiger partial charge is 0.0683 e. The molecule has 0 aromatic carbocycles. The third kappa shape index (κ3) is 32.2. The van der Waals surface area contributed by atoms with Gasteiger partial charge in [0.15, 0.2) is 0 Å². The Balaban J connectivity index is -0.000000264. The van der Waals surface area contributed by atoms with E-state index in [4.69, 9.17) is 0 Å². The Hall–Kier alpha value is 0. The molecule has 156 valence electrons. The fourth-order valence-electron chi connectivity index (χ4n) is 2.31. The van der Waals surface area contributed by atoms with Crippen LogP contribution in [0.3, 0.4) is 0 Å². The maximum absolute atomic E-state index is 2.36. The number of hydrogen-bond acceptors (Lipinski definition) is 0. The normalized spacial score (nSPS) is 25.9. The summed E-state index contributed by atoms with van der Waals surface area (Å²) >= 11 is 0. The van der Waals surface area contributed by atoms with Gasteiger partial charge in [-0.15, -0.1) is 0 Å². The molecule has 2 aliphatic rings. The summed E-state index contributed by atoms with van der Waals surface area (Å²) in [6.07, 6.45) is 11.5. The third-order valence-electron chi connectivity index (χ3n) is 4.45. The summed E-state index contributed by atoms with van der Waals surface area (Å²) in [4.78, 5) is 0. The van der Waals surface area contributed by atoms with Crippen LogP contribution in [-0.4, -0.2) is 0 Å². The van der Waals surface area contributed by atoms with Crippen LogP contribution in [0.15, 0.2) is 0 Å². The van der Waals surface area contributed by atoms with E-state index in [0.29, 0.717) is 5.41 Å². The summed E-state index contributed by atoms with van der Waals surface area (Å²) in [5.74, 6) is 4.26. The van der Waals surface area contributed by atoms with E-state index in [1.807, 2.05) is 13.8 Å². The van der Waals surface area contributed by atoms with Gasteiger partial charge in [0, 0.05) is 0 Å². The fourth-order valence-corrected chi connectivity index (χ4v) is 2.31. The standard InChI is InChI=1S/C9H18.C5H10.C5H12.C4H10.C2H6/c1-3-4-5-9-6-8(2)7-9;1-4-3-5(4)2;1-5(2,3)4;1-3-4-2;1-2/h8-9H,3-7H2,1-2H3;4-5H,3H2,1-2H3;1-4H3;3-4H2,1-2H3;1-2H3. The maximum Gasteiger partial charge on any atom is -0.0409 e. The SMILES string of the molecule is CC.CC(C)(C)C.CC1CC1C.CCCC.CCCCC1CC(C)C1. The van der Waals surface area contributed by atoms with E-state index in [2.05, 4.69) is 69.2 Å². The highest BCUT2D eigenvalue weighted by Gasteiger charge is 2.26. The van der Waals surface area contributed by atoms with E-state index in [9.17, 15) is 0 Å². The molecule has 2 atom stereocenters. The molecular formula is C25H56. The topological polar surface area (TPSA) is 0 Å². The molecule has 0 aromatic rings. The molecule has 0 bridgehead atoms. The second-order valence-electron chi connectivity index (χ2n) is 9.78. The Bertz CT molecular complexity index is 215. The Morgan fingerprint density at radius 1 is 0.680 bits per heavy atom. The zero-order valence-corrected chi connectivity index (χ0v) is 20.5. The molecule has 0 radical (unpaired) electrons. The lowest BCUT2D eigenvalue weighted by molar-refractivity contribution is 0.196. The minimum atomic E-state index is 0.500. The van der Waals surface area contributed by atoms with E-state index in [1.54, 1.807) is 0 Å². The Labute approximate surface area is 164 Å². The molecule has 25 heavy (non-hydrogen) atoms. The first-order valence-corrected chi connectivity index (χ1v) is 11.5. The highest BCUT2D eigenvalue weighted by molar-refractivity contribution is 4.76. The van der Waals surface area contributed by atoms with Crippen molar-refractivity contribution in [1.82, 2.24) is 0 Å². The molecule has 2 fully saturated rings. The quantitative estimate of drug-likeness (QED) is 0.470. The lowest BCUT2D eigenvalue weighted by Gasteiger charge is -2.32. The van der Waals surface area contributed by atoms with E-state index >= 15 is 0 Å². The second kappa shape index (κ2) is 18.8. The van der Waals surface area contributed by atoms with Crippen molar-refractivity contribution in [2.75, 3.05) is 0 Å². The molecule has 0 amide bonds. The van der Waals surface area contributed by atoms with Gasteiger partial charge in [-0.2, -0.15) is 0 Å². The second-order valence-corrected chi connectivity index (χ2v) is 9.78. The van der Waals surface area contributed by atoms with Crippen LogP contribution in [0.25, 0.3) is 0 Å². The minimum Gasteiger partial charge on any atom is -0.0683 e. The van der Waals surface area contributed by atoms with E-state index in [1.165, 1.54) is 51.4 Å². The molecule has 2 aliphatic carbocycles. The van der Waals surface area contributed by atoms with Crippen molar-refractivity contribution >= 4 is 0 Å². The lowest BCUT2D eigenvalue weighted by Crippen LogP contribution is -2.20. The highest BCUT2D eigenvalue weighted by Crippen LogP contribution is 2.36. The molecule has 2 rings (SSSR count). The first kappa shape index (κ1) is 29.8. The van der Waals surface area contributed by atoms with E-state index in [0.717, 1.165) is 23.7 Å². The molecule has 0 heterocycles. The predicted octanol–water partition coefficient (Wildman–Crippen LogP) is 9.77. The molecular weight excluding hydrogens is 300 g/mol. The van der Waals surface area contributed by atoms with Crippen LogP contribution >= 0.6 is 0 Å². The van der Waals surface area contributed by atoms with Crippen LogP contribution in [0.5, 0.6) is 0 Å². The molecule has 0 heteroatoms. The van der Waals surface area contributed by atoms with Crippen LogP contribution in [0.4, 0.5) is 0 Å². The van der Waals surface area contributed by atoms with Gasteiger partial charge in [-0.25, -0.2) is 0 Å². The van der Waals surface area contributed by atoms with Gasteiger partial charge in [0.1, 0.15) is 0 Å². The molecule has 0 nitrogen and oxygen atoms in total. The third-order valence-corrected chi connectivity index (χ3v) is 4.45. The Morgan fingerprint density at radius 2 is 1.00 bits per heavy atom. The maximum atomic E-state index is 2.36. The van der Waals surface area contributed by atoms with E-state index in [-0.39, 0.29) is 0 Å². The lowest BCUT2D eigenvalue weighted by atomic mass is 9.74. The molecule has 0 aromatic heterocycles. The van der Waals surface area contributed by atoms with Gasteiger partial charge in [-0.05, 0) is 48.3 Å². The van der Waals surface area contributed by atoms with Gasteiger partial charge >= 0.3 is 0 Å². The van der Waals surface area contributed by atoms with Gasteiger partial charge in [-0.1, -0.05) is 115 Å². The Morgan fingerprint density at radius 3 is 1.16 bits per heavy atom. The van der Waals surface area contributed by atoms with Gasteiger partial charge in [0.05, 0.1) is 0 Å². The molecule has 0 aliphatic heterocycles. The summed E-state index contributed by atoms with van der Waals surface area (Å²) < 4.78 is 0. The van der Waals surface area contributed by atoms with Crippen molar-refractivity contribution < 1.29 is 0 Å². The summed E-state index contributed by atoms with van der Waals surface area (Å²) in [5, 5.41) is 0. The average Bonchev–Trinajstić information content (AvgIpc) is 3.16. The summed E-state index contributed by atoms with van der Waals surface area (Å²) in [5.41, 5.74) is 0.500. The smallest absolute Gasteiger partial charge is 0.0409 e. The van der Waals surface area contributed by atoms with Crippen molar-refractivity contribution in [3.05, 3.63) is 0 Å². The van der Waals surface area contributed by atoms with Crippen LogP contribution < -0.4 is 0 Å². The van der Waals surface area contributed by atoms with Crippen molar-refractivity contribution in [3.63, 3.8) is 0 Å². The molecule has 2 unspecified atom stereocenters. The zero-order valence-electron chi connectivity index (χ0n) is 20.5. The van der Waals surface area contributed by atoms with Crippen molar-refractivity contribution in [2.24, 2.45) is 29.1 Å². The number of hydrogen-bond donors (Lipinski definition) is 0. The van der Waals surface area contributed by atoms with Gasteiger partial charge in [-0.3, -0.25) is 0 Å². The van der Waals surface area contributed by atoms with Crippen LogP contribution in [0.1, 0.15) is 134 Å². The highest BCUT2D eigenvalue weighted by atomic mass is 14.3. The molecule has 0 N–H and O–H groups in total. The zero-order chi connectivity index (χ0) is 20.5. The summed E-state index contributed by atoms with van der Waals surface area (Å²) in [6.45, 7) is 26.3. The van der Waals surface area contributed by atoms with Crippen molar-refractivity contribution in [3.8, 4) is 0 Å². The molecule has 2 saturated carbocycles. The summed E-state index contributed by atoms with van der Waals surface area (Å²) in [7, 11) is 0. The average molecular weight is 357 g/mol. The van der Waals surface area contributed by atoms with E-state index < -0.39 is 0 Å². The van der Waals surface area contributed by atoms with Gasteiger partial charge < -0.3 is 0 Å². The van der Waals surface area contributed by atoms with Crippen LogP contribution in [-0.2, 0) is 0 Å². The van der Waals surface area contributed by atoms with Crippen LogP contribution in [0, 0.1) is 29.1 Å². The summed E-state index contributed by atoms with van der Waals surface area (Å²) in [6, 6.07) is 0. The number of unbranched alkanes of at least 4 members (excludes halogenated alkanes) is 2. The van der Waals surface area contributed by atoms with Gasteiger partial charge in [0.25, 0.3) is 0 Å². The van der Waals surface area contributed by atoms with Crippen LogP contribution in [0.2, 0.25) is 0 Å². The fraction of sp³-hybridized carbons (Fsp3) is 1.00. The first-order valence-electron chi connectivity index (χ1n) is 11.5. The minimum absolute atomic E-state index is 0.500. The van der Waals surface area contributed by atoms with Gasteiger partial charge in [0.2, 0.25) is 0 Å². The first-order chi connectivity index (χ1) is 11.5. The number of rotatable bonds is 4. The van der Waals surface area contributed by atoms with Crippen molar-refractivity contribution in [2.45, 2.75) is 134 Å². The molecule has 0 spiro atoms. The Kier molecular flexibility index (Phi) is 22.4. The molecule has 0 saturated heterocycles. The predicted molar refractivity (Wildman–Crippen MR) is 121 cm³/mol.